The summed E-state index contributed by atoms with van der Waals surface area (Å²) < 4.78 is 1.56. The van der Waals surface area contributed by atoms with Gasteiger partial charge in [-0.15, -0.1) is 0 Å². The summed E-state index contributed by atoms with van der Waals surface area (Å²) in [4.78, 5) is 14.7. The van der Waals surface area contributed by atoms with Crippen molar-refractivity contribution in [3.63, 3.8) is 0 Å². The number of aromatic nitrogens is 3. The van der Waals surface area contributed by atoms with E-state index in [-0.39, 0.29) is 11.6 Å². The maximum Gasteiger partial charge on any atom is 0.222 e. The molecular formula is C10H9ClN4O. The van der Waals surface area contributed by atoms with E-state index in [0.717, 1.165) is 5.69 Å². The SMILES string of the molecule is NC(=O)Cc1cn(-c2cccnc2)nc1Cl. The van der Waals surface area contributed by atoms with Gasteiger partial charge in [0.2, 0.25) is 5.91 Å². The van der Waals surface area contributed by atoms with Crippen molar-refractivity contribution in [1.82, 2.24) is 14.8 Å². The Morgan fingerprint density at radius 1 is 1.56 bits per heavy atom. The van der Waals surface area contributed by atoms with Gasteiger partial charge in [-0.1, -0.05) is 11.6 Å². The van der Waals surface area contributed by atoms with Crippen molar-refractivity contribution >= 4 is 17.5 Å². The molecule has 0 fully saturated rings. The van der Waals surface area contributed by atoms with Crippen LogP contribution in [0.15, 0.2) is 30.7 Å². The van der Waals surface area contributed by atoms with Crippen LogP contribution in [-0.4, -0.2) is 20.7 Å². The Kier molecular flexibility index (Phi) is 2.87. The van der Waals surface area contributed by atoms with Crippen molar-refractivity contribution in [2.45, 2.75) is 6.42 Å². The lowest BCUT2D eigenvalue weighted by Gasteiger charge is -1.97. The van der Waals surface area contributed by atoms with E-state index in [0.29, 0.717) is 5.56 Å². The summed E-state index contributed by atoms with van der Waals surface area (Å²) in [6, 6.07) is 3.63. The van der Waals surface area contributed by atoms with Gasteiger partial charge in [-0.2, -0.15) is 5.10 Å². The van der Waals surface area contributed by atoms with E-state index in [1.807, 2.05) is 6.07 Å². The van der Waals surface area contributed by atoms with Gasteiger partial charge < -0.3 is 5.73 Å². The second kappa shape index (κ2) is 4.32. The van der Waals surface area contributed by atoms with Crippen molar-refractivity contribution < 1.29 is 4.79 Å². The molecular weight excluding hydrogens is 228 g/mol. The summed E-state index contributed by atoms with van der Waals surface area (Å²) >= 11 is 5.88. The molecule has 2 aromatic rings. The zero-order valence-corrected chi connectivity index (χ0v) is 9.05. The Morgan fingerprint density at radius 3 is 3.00 bits per heavy atom. The number of rotatable bonds is 3. The molecule has 0 aromatic carbocycles. The van der Waals surface area contributed by atoms with Crippen molar-refractivity contribution in [3.05, 3.63) is 41.4 Å². The van der Waals surface area contributed by atoms with Crippen LogP contribution >= 0.6 is 11.6 Å². The molecule has 0 spiro atoms. The van der Waals surface area contributed by atoms with Gasteiger partial charge in [0.05, 0.1) is 18.3 Å². The lowest BCUT2D eigenvalue weighted by molar-refractivity contribution is -0.117. The molecule has 82 valence electrons. The quantitative estimate of drug-likeness (QED) is 0.862. The summed E-state index contributed by atoms with van der Waals surface area (Å²) in [5.41, 5.74) is 6.48. The smallest absolute Gasteiger partial charge is 0.222 e. The minimum absolute atomic E-state index is 0.0824. The van der Waals surface area contributed by atoms with Crippen LogP contribution < -0.4 is 5.73 Å². The van der Waals surface area contributed by atoms with Crippen molar-refractivity contribution in [2.24, 2.45) is 5.73 Å². The number of nitrogens with zero attached hydrogens (tertiary/aromatic N) is 3. The molecule has 0 radical (unpaired) electrons. The number of halogens is 1. The van der Waals surface area contributed by atoms with Crippen LogP contribution in [0.4, 0.5) is 0 Å². The van der Waals surface area contributed by atoms with Crippen molar-refractivity contribution in [3.8, 4) is 5.69 Å². The highest BCUT2D eigenvalue weighted by Crippen LogP contribution is 2.16. The van der Waals surface area contributed by atoms with Gasteiger partial charge in [-0.3, -0.25) is 9.78 Å². The fourth-order valence-corrected chi connectivity index (χ4v) is 1.51. The average molecular weight is 237 g/mol. The number of carbonyl (C=O) groups excluding carboxylic acids is 1. The minimum atomic E-state index is -0.437. The predicted molar refractivity (Wildman–Crippen MR) is 59.3 cm³/mol. The molecule has 2 N–H and O–H groups in total. The number of carbonyl (C=O) groups is 1. The maximum absolute atomic E-state index is 10.8. The zero-order chi connectivity index (χ0) is 11.5. The first-order valence-electron chi connectivity index (χ1n) is 4.59. The number of pyridine rings is 1. The van der Waals surface area contributed by atoms with Gasteiger partial charge in [0.1, 0.15) is 0 Å². The number of nitrogens with two attached hydrogens (primary N) is 1. The van der Waals surface area contributed by atoms with E-state index in [9.17, 15) is 4.79 Å². The Morgan fingerprint density at radius 2 is 2.38 bits per heavy atom. The summed E-state index contributed by atoms with van der Waals surface area (Å²) in [5, 5.41) is 4.35. The molecule has 16 heavy (non-hydrogen) atoms. The maximum atomic E-state index is 10.8. The fourth-order valence-electron chi connectivity index (χ4n) is 1.32. The Bertz CT molecular complexity index is 509. The lowest BCUT2D eigenvalue weighted by Crippen LogP contribution is -2.13. The highest BCUT2D eigenvalue weighted by Gasteiger charge is 2.10. The Labute approximate surface area is 96.8 Å². The Balaban J connectivity index is 2.34. The third-order valence-electron chi connectivity index (χ3n) is 2.01. The fraction of sp³-hybridized carbons (Fsp3) is 0.100. The molecule has 0 aliphatic rings. The molecule has 5 nitrogen and oxygen atoms in total. The number of primary amides is 1. The normalized spacial score (nSPS) is 10.3. The molecule has 0 unspecified atom stereocenters. The molecule has 2 aromatic heterocycles. The van der Waals surface area contributed by atoms with Gasteiger partial charge in [0, 0.05) is 18.0 Å². The molecule has 1 amide bonds. The van der Waals surface area contributed by atoms with Crippen molar-refractivity contribution in [2.75, 3.05) is 0 Å². The first kappa shape index (κ1) is 10.6. The molecule has 0 aliphatic carbocycles. The standard InChI is InChI=1S/C10H9ClN4O/c11-10-7(4-9(12)16)6-15(14-10)8-2-1-3-13-5-8/h1-3,5-6H,4H2,(H2,12,16). The molecule has 0 bridgehead atoms. The van der Waals surface area contributed by atoms with E-state index in [1.165, 1.54) is 0 Å². The third kappa shape index (κ3) is 2.20. The van der Waals surface area contributed by atoms with E-state index in [4.69, 9.17) is 17.3 Å². The molecule has 0 saturated carbocycles. The number of amides is 1. The second-order valence-corrected chi connectivity index (χ2v) is 3.60. The minimum Gasteiger partial charge on any atom is -0.369 e. The van der Waals surface area contributed by atoms with Gasteiger partial charge in [0.15, 0.2) is 5.15 Å². The van der Waals surface area contributed by atoms with Crippen molar-refractivity contribution in [1.29, 1.82) is 0 Å². The van der Waals surface area contributed by atoms with Gasteiger partial charge in [-0.05, 0) is 12.1 Å². The molecule has 0 aliphatic heterocycles. The van der Waals surface area contributed by atoms with E-state index in [1.54, 1.807) is 29.3 Å². The molecule has 6 heteroatoms. The average Bonchev–Trinajstić information content (AvgIpc) is 2.61. The highest BCUT2D eigenvalue weighted by molar-refractivity contribution is 6.30. The second-order valence-electron chi connectivity index (χ2n) is 3.24. The summed E-state index contributed by atoms with van der Waals surface area (Å²) in [6.45, 7) is 0. The number of hydrogen-bond acceptors (Lipinski definition) is 3. The Hall–Kier alpha value is -1.88. The number of hydrogen-bond donors (Lipinski definition) is 1. The van der Waals surface area contributed by atoms with Crippen LogP contribution in [0.25, 0.3) is 5.69 Å². The van der Waals surface area contributed by atoms with Crippen LogP contribution in [0.3, 0.4) is 0 Å². The monoisotopic (exact) mass is 236 g/mol. The first-order valence-corrected chi connectivity index (χ1v) is 4.97. The highest BCUT2D eigenvalue weighted by atomic mass is 35.5. The predicted octanol–water partition coefficient (Wildman–Crippen LogP) is 0.948. The van der Waals surface area contributed by atoms with E-state index < -0.39 is 5.91 Å². The van der Waals surface area contributed by atoms with Crippen LogP contribution in [0, 0.1) is 0 Å². The third-order valence-corrected chi connectivity index (χ3v) is 2.33. The topological polar surface area (TPSA) is 73.8 Å². The van der Waals surface area contributed by atoms with Crippen LogP contribution in [0.5, 0.6) is 0 Å². The van der Waals surface area contributed by atoms with E-state index in [2.05, 4.69) is 10.1 Å². The van der Waals surface area contributed by atoms with Crippen LogP contribution in [-0.2, 0) is 11.2 Å². The van der Waals surface area contributed by atoms with Gasteiger partial charge >= 0.3 is 0 Å². The van der Waals surface area contributed by atoms with Gasteiger partial charge in [0.25, 0.3) is 0 Å². The summed E-state index contributed by atoms with van der Waals surface area (Å²) in [7, 11) is 0. The summed E-state index contributed by atoms with van der Waals surface area (Å²) in [6.07, 6.45) is 5.07. The molecule has 0 saturated heterocycles. The molecule has 0 atom stereocenters. The zero-order valence-electron chi connectivity index (χ0n) is 8.30. The molecule has 2 rings (SSSR count). The lowest BCUT2D eigenvalue weighted by atomic mass is 10.2. The van der Waals surface area contributed by atoms with Gasteiger partial charge in [-0.25, -0.2) is 4.68 Å². The van der Waals surface area contributed by atoms with Crippen LogP contribution in [0.1, 0.15) is 5.56 Å². The van der Waals surface area contributed by atoms with Crippen LogP contribution in [0.2, 0.25) is 5.15 Å². The molecule has 2 heterocycles. The van der Waals surface area contributed by atoms with E-state index >= 15 is 0 Å². The largest absolute Gasteiger partial charge is 0.369 e. The summed E-state index contributed by atoms with van der Waals surface area (Å²) in [5.74, 6) is -0.437. The first-order chi connectivity index (χ1) is 7.66.